The van der Waals surface area contributed by atoms with E-state index in [4.69, 9.17) is 9.47 Å². The maximum absolute atomic E-state index is 11.9. The van der Waals surface area contributed by atoms with Crippen molar-refractivity contribution in [3.8, 4) is 11.4 Å². The minimum Gasteiger partial charge on any atom is -0.497 e. The van der Waals surface area contributed by atoms with E-state index in [1.165, 1.54) is 11.8 Å². The molecule has 0 bridgehead atoms. The van der Waals surface area contributed by atoms with Crippen LogP contribution in [-0.2, 0) is 9.53 Å². The Morgan fingerprint density at radius 3 is 3.00 bits per heavy atom. The molecule has 0 radical (unpaired) electrons. The second kappa shape index (κ2) is 8.11. The first-order chi connectivity index (χ1) is 11.8. The van der Waals surface area contributed by atoms with Gasteiger partial charge in [0.1, 0.15) is 5.75 Å². The van der Waals surface area contributed by atoms with Crippen molar-refractivity contribution in [2.45, 2.75) is 24.1 Å². The van der Waals surface area contributed by atoms with E-state index < -0.39 is 0 Å². The van der Waals surface area contributed by atoms with Crippen LogP contribution in [0.5, 0.6) is 5.75 Å². The Morgan fingerprint density at radius 1 is 1.46 bits per heavy atom. The van der Waals surface area contributed by atoms with E-state index >= 15 is 0 Å². The number of carbonyl (C=O) groups is 1. The van der Waals surface area contributed by atoms with Crippen LogP contribution in [0.3, 0.4) is 0 Å². The van der Waals surface area contributed by atoms with E-state index in [0.29, 0.717) is 11.7 Å². The number of hydrogen-bond acceptors (Lipinski definition) is 7. The minimum atomic E-state index is -0.0558. The van der Waals surface area contributed by atoms with Crippen LogP contribution in [0.25, 0.3) is 5.69 Å². The first-order valence-electron chi connectivity index (χ1n) is 7.70. The van der Waals surface area contributed by atoms with Crippen molar-refractivity contribution in [2.24, 2.45) is 0 Å². The first kappa shape index (κ1) is 16.7. The summed E-state index contributed by atoms with van der Waals surface area (Å²) in [5.41, 5.74) is 0.808. The number of nitrogens with one attached hydrogen (secondary N) is 1. The molecule has 9 heteroatoms. The van der Waals surface area contributed by atoms with Crippen molar-refractivity contribution in [1.82, 2.24) is 25.5 Å². The zero-order chi connectivity index (χ0) is 16.8. The van der Waals surface area contributed by atoms with Crippen molar-refractivity contribution >= 4 is 17.7 Å². The van der Waals surface area contributed by atoms with Gasteiger partial charge in [-0.25, -0.2) is 0 Å². The van der Waals surface area contributed by atoms with Crippen molar-refractivity contribution in [3.63, 3.8) is 0 Å². The maximum Gasteiger partial charge on any atom is 0.230 e. The van der Waals surface area contributed by atoms with E-state index in [9.17, 15) is 4.79 Å². The normalized spacial score (nSPS) is 17.0. The lowest BCUT2D eigenvalue weighted by molar-refractivity contribution is -0.119. The number of benzene rings is 1. The number of aromatic nitrogens is 4. The molecule has 1 aliphatic rings. The summed E-state index contributed by atoms with van der Waals surface area (Å²) < 4.78 is 12.2. The van der Waals surface area contributed by atoms with Crippen LogP contribution >= 0.6 is 11.8 Å². The molecule has 3 rings (SSSR count). The van der Waals surface area contributed by atoms with Crippen LogP contribution in [0.2, 0.25) is 0 Å². The maximum atomic E-state index is 11.9. The van der Waals surface area contributed by atoms with E-state index in [2.05, 4.69) is 20.8 Å². The van der Waals surface area contributed by atoms with Crippen LogP contribution in [0.1, 0.15) is 12.8 Å². The summed E-state index contributed by atoms with van der Waals surface area (Å²) in [5, 5.41) is 15.1. The van der Waals surface area contributed by atoms with Crippen LogP contribution in [-0.4, -0.2) is 58.2 Å². The van der Waals surface area contributed by atoms with Crippen molar-refractivity contribution in [3.05, 3.63) is 24.3 Å². The van der Waals surface area contributed by atoms with Gasteiger partial charge in [-0.05, 0) is 47.5 Å². The molecule has 2 heterocycles. The fraction of sp³-hybridized carbons (Fsp3) is 0.467. The number of ether oxygens (including phenoxy) is 2. The molecule has 1 aliphatic heterocycles. The molecule has 0 unspecified atom stereocenters. The Labute approximate surface area is 143 Å². The van der Waals surface area contributed by atoms with Gasteiger partial charge in [0.15, 0.2) is 0 Å². The average molecular weight is 349 g/mol. The molecular formula is C15H19N5O3S. The van der Waals surface area contributed by atoms with Gasteiger partial charge in [-0.3, -0.25) is 4.79 Å². The van der Waals surface area contributed by atoms with Gasteiger partial charge in [0.25, 0.3) is 0 Å². The molecule has 8 nitrogen and oxygen atoms in total. The molecule has 2 aromatic rings. The van der Waals surface area contributed by atoms with E-state index in [0.717, 1.165) is 30.9 Å². The van der Waals surface area contributed by atoms with Gasteiger partial charge >= 0.3 is 0 Å². The second-order valence-corrected chi connectivity index (χ2v) is 6.24. The van der Waals surface area contributed by atoms with Crippen molar-refractivity contribution in [1.29, 1.82) is 0 Å². The third-order valence-electron chi connectivity index (χ3n) is 3.64. The Morgan fingerprint density at radius 2 is 2.29 bits per heavy atom. The third kappa shape index (κ3) is 4.24. The highest BCUT2D eigenvalue weighted by atomic mass is 32.2. The van der Waals surface area contributed by atoms with Crippen LogP contribution in [0, 0.1) is 0 Å². The molecule has 1 N–H and O–H groups in total. The Balaban J connectivity index is 1.53. The molecule has 1 atom stereocenters. The minimum absolute atomic E-state index is 0.0558. The van der Waals surface area contributed by atoms with Gasteiger partial charge in [0.2, 0.25) is 11.1 Å². The highest BCUT2D eigenvalue weighted by molar-refractivity contribution is 7.99. The third-order valence-corrected chi connectivity index (χ3v) is 4.56. The van der Waals surface area contributed by atoms with Crippen LogP contribution < -0.4 is 10.1 Å². The highest BCUT2D eigenvalue weighted by Crippen LogP contribution is 2.20. The molecule has 0 aliphatic carbocycles. The quantitative estimate of drug-likeness (QED) is 0.747. The van der Waals surface area contributed by atoms with Gasteiger partial charge in [-0.1, -0.05) is 11.8 Å². The van der Waals surface area contributed by atoms with E-state index in [-0.39, 0.29) is 17.8 Å². The van der Waals surface area contributed by atoms with Gasteiger partial charge in [0.05, 0.1) is 24.7 Å². The topological polar surface area (TPSA) is 91.2 Å². The Hall–Kier alpha value is -2.13. The second-order valence-electron chi connectivity index (χ2n) is 5.30. The van der Waals surface area contributed by atoms with Crippen LogP contribution in [0.15, 0.2) is 29.4 Å². The molecule has 1 aromatic carbocycles. The number of hydrogen-bond donors (Lipinski definition) is 1. The summed E-state index contributed by atoms with van der Waals surface area (Å²) in [6.45, 7) is 1.34. The first-order valence-corrected chi connectivity index (χ1v) is 8.69. The Kier molecular flexibility index (Phi) is 5.65. The van der Waals surface area contributed by atoms with Gasteiger partial charge in [-0.2, -0.15) is 4.68 Å². The standard InChI is InChI=1S/C15H19N5O3S/c1-22-12-6-4-11(5-7-12)20-15(17-18-19-20)24-10-14(21)16-9-13-3-2-8-23-13/h4-7,13H,2-3,8-10H2,1H3,(H,16,21)/t13-/m0/s1. The van der Waals surface area contributed by atoms with E-state index in [1.807, 2.05) is 24.3 Å². The molecule has 0 saturated carbocycles. The number of carbonyl (C=O) groups excluding carboxylic acids is 1. The largest absolute Gasteiger partial charge is 0.497 e. The highest BCUT2D eigenvalue weighted by Gasteiger charge is 2.17. The SMILES string of the molecule is COc1ccc(-n2nnnc2SCC(=O)NC[C@@H]2CCCO2)cc1. The predicted molar refractivity (Wildman–Crippen MR) is 88.4 cm³/mol. The summed E-state index contributed by atoms with van der Waals surface area (Å²) in [7, 11) is 1.61. The fourth-order valence-electron chi connectivity index (χ4n) is 2.37. The summed E-state index contributed by atoms with van der Waals surface area (Å²) in [4.78, 5) is 11.9. The van der Waals surface area contributed by atoms with Crippen molar-refractivity contribution < 1.29 is 14.3 Å². The zero-order valence-electron chi connectivity index (χ0n) is 13.3. The monoisotopic (exact) mass is 349 g/mol. The molecular weight excluding hydrogens is 330 g/mol. The predicted octanol–water partition coefficient (Wildman–Crippen LogP) is 1.06. The molecule has 1 aromatic heterocycles. The smallest absolute Gasteiger partial charge is 0.230 e. The lowest BCUT2D eigenvalue weighted by Crippen LogP contribution is -2.32. The van der Waals surface area contributed by atoms with Gasteiger partial charge < -0.3 is 14.8 Å². The summed E-state index contributed by atoms with van der Waals surface area (Å²) in [5.74, 6) is 0.956. The summed E-state index contributed by atoms with van der Waals surface area (Å²) >= 11 is 1.29. The van der Waals surface area contributed by atoms with Gasteiger partial charge in [0, 0.05) is 13.2 Å². The lowest BCUT2D eigenvalue weighted by atomic mass is 10.2. The fourth-order valence-corrected chi connectivity index (χ4v) is 3.09. The molecule has 1 fully saturated rings. The summed E-state index contributed by atoms with van der Waals surface area (Å²) in [6, 6.07) is 7.38. The van der Waals surface area contributed by atoms with E-state index in [1.54, 1.807) is 11.8 Å². The summed E-state index contributed by atoms with van der Waals surface area (Å²) in [6.07, 6.45) is 2.21. The number of methoxy groups -OCH3 is 1. The molecule has 24 heavy (non-hydrogen) atoms. The Bertz CT molecular complexity index is 670. The van der Waals surface area contributed by atoms with Gasteiger partial charge in [-0.15, -0.1) is 5.10 Å². The van der Waals surface area contributed by atoms with Crippen molar-refractivity contribution in [2.75, 3.05) is 26.0 Å². The van der Waals surface area contributed by atoms with Crippen LogP contribution in [0.4, 0.5) is 0 Å². The molecule has 1 saturated heterocycles. The molecule has 1 amide bonds. The number of rotatable bonds is 7. The molecule has 128 valence electrons. The average Bonchev–Trinajstić information content (AvgIpc) is 3.29. The number of tetrazole rings is 1. The lowest BCUT2D eigenvalue weighted by Gasteiger charge is -2.10. The number of thioether (sulfide) groups is 1. The molecule has 0 spiro atoms. The number of amides is 1. The number of nitrogens with zero attached hydrogens (tertiary/aromatic N) is 4. The zero-order valence-corrected chi connectivity index (χ0v) is 14.2.